The average Bonchev–Trinajstić information content (AvgIpc) is 2.02. The smallest absolute Gasteiger partial charge is 0.0666 e. The van der Waals surface area contributed by atoms with Crippen LogP contribution in [-0.2, 0) is 0 Å². The molecular formula is C9H15ClN2. The van der Waals surface area contributed by atoms with Gasteiger partial charge in [0.1, 0.15) is 0 Å². The van der Waals surface area contributed by atoms with Crippen LogP contribution in [0.5, 0.6) is 0 Å². The van der Waals surface area contributed by atoms with Gasteiger partial charge in [-0.3, -0.25) is 4.90 Å². The van der Waals surface area contributed by atoms with E-state index in [0.717, 1.165) is 13.1 Å². The van der Waals surface area contributed by atoms with Gasteiger partial charge in [-0.1, -0.05) is 25.1 Å². The molecule has 2 nitrogen and oxygen atoms in total. The number of hydrogen-bond donors (Lipinski definition) is 0. The monoisotopic (exact) mass is 186 g/mol. The Bertz CT molecular complexity index is 183. The lowest BCUT2D eigenvalue weighted by Crippen LogP contribution is -2.29. The molecule has 12 heavy (non-hydrogen) atoms. The summed E-state index contributed by atoms with van der Waals surface area (Å²) in [6, 6.07) is 2.19. The number of rotatable bonds is 5. The van der Waals surface area contributed by atoms with Crippen molar-refractivity contribution in [3.05, 3.63) is 11.6 Å². The normalized spacial score (nSPS) is 12.6. The molecular weight excluding hydrogens is 172 g/mol. The van der Waals surface area contributed by atoms with Crippen molar-refractivity contribution in [3.63, 3.8) is 0 Å². The van der Waals surface area contributed by atoms with Crippen molar-refractivity contribution >= 4 is 11.6 Å². The van der Waals surface area contributed by atoms with Crippen molar-refractivity contribution < 1.29 is 0 Å². The SMILES string of the molecule is C=C(Cl)CN(CC)CC(C)C#N. The van der Waals surface area contributed by atoms with Crippen LogP contribution < -0.4 is 0 Å². The highest BCUT2D eigenvalue weighted by atomic mass is 35.5. The molecule has 0 saturated heterocycles. The van der Waals surface area contributed by atoms with E-state index in [-0.39, 0.29) is 5.92 Å². The van der Waals surface area contributed by atoms with Crippen molar-refractivity contribution in [2.45, 2.75) is 13.8 Å². The molecule has 0 rings (SSSR count). The molecule has 0 aromatic rings. The molecule has 0 amide bonds. The second-order valence-corrected chi connectivity index (χ2v) is 3.41. The highest BCUT2D eigenvalue weighted by Crippen LogP contribution is 2.04. The fourth-order valence-corrected chi connectivity index (χ4v) is 1.15. The van der Waals surface area contributed by atoms with Crippen molar-refractivity contribution in [3.8, 4) is 6.07 Å². The molecule has 0 radical (unpaired) electrons. The van der Waals surface area contributed by atoms with Gasteiger partial charge in [-0.15, -0.1) is 0 Å². The lowest BCUT2D eigenvalue weighted by atomic mass is 10.2. The first-order valence-electron chi connectivity index (χ1n) is 4.05. The van der Waals surface area contributed by atoms with Crippen LogP contribution in [0.3, 0.4) is 0 Å². The van der Waals surface area contributed by atoms with Crippen LogP contribution in [0.15, 0.2) is 11.6 Å². The van der Waals surface area contributed by atoms with Crippen molar-refractivity contribution in [1.29, 1.82) is 5.26 Å². The molecule has 1 unspecified atom stereocenters. The van der Waals surface area contributed by atoms with E-state index in [1.807, 2.05) is 13.8 Å². The second kappa shape index (κ2) is 6.05. The summed E-state index contributed by atoms with van der Waals surface area (Å²) in [5.74, 6) is 0.0565. The average molecular weight is 187 g/mol. The zero-order valence-corrected chi connectivity index (χ0v) is 8.43. The van der Waals surface area contributed by atoms with E-state index in [4.69, 9.17) is 16.9 Å². The van der Waals surface area contributed by atoms with Gasteiger partial charge in [0.05, 0.1) is 12.0 Å². The van der Waals surface area contributed by atoms with Gasteiger partial charge in [0, 0.05) is 18.1 Å². The lowest BCUT2D eigenvalue weighted by molar-refractivity contribution is 0.294. The van der Waals surface area contributed by atoms with Crippen LogP contribution in [0, 0.1) is 17.2 Å². The largest absolute Gasteiger partial charge is 0.297 e. The van der Waals surface area contributed by atoms with E-state index in [1.165, 1.54) is 0 Å². The van der Waals surface area contributed by atoms with Gasteiger partial charge in [-0.2, -0.15) is 5.26 Å². The molecule has 0 saturated carbocycles. The van der Waals surface area contributed by atoms with Gasteiger partial charge in [-0.25, -0.2) is 0 Å². The predicted molar refractivity (Wildman–Crippen MR) is 51.9 cm³/mol. The molecule has 0 N–H and O–H groups in total. The Kier molecular flexibility index (Phi) is 5.79. The van der Waals surface area contributed by atoms with E-state index >= 15 is 0 Å². The highest BCUT2D eigenvalue weighted by Gasteiger charge is 2.07. The van der Waals surface area contributed by atoms with Gasteiger partial charge in [0.15, 0.2) is 0 Å². The van der Waals surface area contributed by atoms with Crippen molar-refractivity contribution in [1.82, 2.24) is 4.90 Å². The summed E-state index contributed by atoms with van der Waals surface area (Å²) in [6.45, 7) is 9.90. The number of halogens is 1. The van der Waals surface area contributed by atoms with Crippen LogP contribution in [0.1, 0.15) is 13.8 Å². The summed E-state index contributed by atoms with van der Waals surface area (Å²) < 4.78 is 0. The summed E-state index contributed by atoms with van der Waals surface area (Å²) in [4.78, 5) is 2.10. The Morgan fingerprint density at radius 1 is 1.75 bits per heavy atom. The first kappa shape index (κ1) is 11.5. The topological polar surface area (TPSA) is 27.0 Å². The van der Waals surface area contributed by atoms with Crippen molar-refractivity contribution in [2.24, 2.45) is 5.92 Å². The fourth-order valence-electron chi connectivity index (χ4n) is 0.976. The summed E-state index contributed by atoms with van der Waals surface area (Å²) in [6.07, 6.45) is 0. The number of nitrogens with zero attached hydrogens (tertiary/aromatic N) is 2. The van der Waals surface area contributed by atoms with Gasteiger partial charge in [0.25, 0.3) is 0 Å². The molecule has 0 spiro atoms. The van der Waals surface area contributed by atoms with E-state index in [9.17, 15) is 0 Å². The maximum atomic E-state index is 8.58. The molecule has 68 valence electrons. The minimum absolute atomic E-state index is 0.0565. The summed E-state index contributed by atoms with van der Waals surface area (Å²) in [7, 11) is 0. The Balaban J connectivity index is 3.84. The molecule has 0 bridgehead atoms. The van der Waals surface area contributed by atoms with Crippen LogP contribution in [0.4, 0.5) is 0 Å². The summed E-state index contributed by atoms with van der Waals surface area (Å²) in [5.41, 5.74) is 0. The molecule has 0 aliphatic rings. The molecule has 0 fully saturated rings. The fraction of sp³-hybridized carbons (Fsp3) is 0.667. The van der Waals surface area contributed by atoms with Crippen LogP contribution in [0.2, 0.25) is 0 Å². The molecule has 0 aliphatic carbocycles. The first-order valence-corrected chi connectivity index (χ1v) is 4.43. The molecule has 1 atom stereocenters. The number of hydrogen-bond acceptors (Lipinski definition) is 2. The molecule has 0 heterocycles. The van der Waals surface area contributed by atoms with Crippen LogP contribution in [0.25, 0.3) is 0 Å². The van der Waals surface area contributed by atoms with Gasteiger partial charge in [0.2, 0.25) is 0 Å². The standard InChI is InChI=1S/C9H15ClN2/c1-4-12(7-9(3)10)6-8(2)5-11/h8H,3-4,6-7H2,1-2H3. The zero-order chi connectivity index (χ0) is 9.56. The van der Waals surface area contributed by atoms with Crippen LogP contribution >= 0.6 is 11.6 Å². The maximum absolute atomic E-state index is 8.58. The molecule has 3 heteroatoms. The first-order chi connectivity index (χ1) is 5.60. The predicted octanol–water partition coefficient (Wildman–Crippen LogP) is 2.22. The Labute approximate surface area is 79.4 Å². The molecule has 0 aromatic heterocycles. The van der Waals surface area contributed by atoms with Crippen LogP contribution in [-0.4, -0.2) is 24.5 Å². The highest BCUT2D eigenvalue weighted by molar-refractivity contribution is 6.29. The van der Waals surface area contributed by atoms with E-state index in [0.29, 0.717) is 11.6 Å². The minimum Gasteiger partial charge on any atom is -0.297 e. The quantitative estimate of drug-likeness (QED) is 0.659. The van der Waals surface area contributed by atoms with Crippen molar-refractivity contribution in [2.75, 3.05) is 19.6 Å². The van der Waals surface area contributed by atoms with Gasteiger partial charge in [-0.05, 0) is 13.5 Å². The van der Waals surface area contributed by atoms with Gasteiger partial charge >= 0.3 is 0 Å². The Morgan fingerprint density at radius 3 is 2.67 bits per heavy atom. The maximum Gasteiger partial charge on any atom is 0.0666 e. The summed E-state index contributed by atoms with van der Waals surface area (Å²) in [5, 5.41) is 9.21. The Morgan fingerprint density at radius 2 is 2.33 bits per heavy atom. The lowest BCUT2D eigenvalue weighted by Gasteiger charge is -2.20. The summed E-state index contributed by atoms with van der Waals surface area (Å²) >= 11 is 5.66. The zero-order valence-electron chi connectivity index (χ0n) is 7.68. The third-order valence-electron chi connectivity index (χ3n) is 1.59. The minimum atomic E-state index is 0.0565. The third kappa shape index (κ3) is 5.17. The number of nitriles is 1. The molecule has 0 aliphatic heterocycles. The van der Waals surface area contributed by atoms with Gasteiger partial charge < -0.3 is 0 Å². The Hall–Kier alpha value is -0.520. The second-order valence-electron chi connectivity index (χ2n) is 2.88. The third-order valence-corrected chi connectivity index (χ3v) is 1.71. The number of likely N-dealkylation sites (N-methyl/N-ethyl adjacent to an activating group) is 1. The molecule has 0 aromatic carbocycles. The van der Waals surface area contributed by atoms with E-state index in [2.05, 4.69) is 17.5 Å². The van der Waals surface area contributed by atoms with E-state index in [1.54, 1.807) is 0 Å². The van der Waals surface area contributed by atoms with E-state index < -0.39 is 0 Å².